The minimum Gasteiger partial charge on any atom is -0.495 e. The van der Waals surface area contributed by atoms with Crippen molar-refractivity contribution in [1.29, 1.82) is 0 Å². The Bertz CT molecular complexity index is 62.7. The molecular formula is C4H9LiNO+. The van der Waals surface area contributed by atoms with Gasteiger partial charge in [0.05, 0.1) is 0 Å². The van der Waals surface area contributed by atoms with E-state index >= 15 is 0 Å². The number of nitrogens with zero attached hydrogens (tertiary/aromatic N) is 1. The van der Waals surface area contributed by atoms with Gasteiger partial charge in [0, 0.05) is 14.1 Å². The van der Waals surface area contributed by atoms with E-state index in [1.54, 1.807) is 14.1 Å². The molecule has 0 aliphatic rings. The molecule has 0 heterocycles. The van der Waals surface area contributed by atoms with E-state index in [9.17, 15) is 0 Å². The fraction of sp³-hybridized carbons (Fsp3) is 0.500. The number of hydrogen-bond acceptors (Lipinski definition) is 2. The van der Waals surface area contributed by atoms with Crippen LogP contribution in [0.4, 0.5) is 0 Å². The van der Waals surface area contributed by atoms with E-state index in [2.05, 4.69) is 6.58 Å². The average Bonchev–Trinajstić information content (AvgIpc) is 1.36. The summed E-state index contributed by atoms with van der Waals surface area (Å²) < 4.78 is 0. The van der Waals surface area contributed by atoms with Gasteiger partial charge in [0.1, 0.15) is 0 Å². The second-order valence-corrected chi connectivity index (χ2v) is 1.31. The fourth-order valence-corrected chi connectivity index (χ4v) is 0. The van der Waals surface area contributed by atoms with Crippen LogP contribution in [0.3, 0.4) is 0 Å². The van der Waals surface area contributed by atoms with Crippen molar-refractivity contribution in [2.45, 2.75) is 0 Å². The van der Waals surface area contributed by atoms with E-state index in [-0.39, 0.29) is 24.7 Å². The molecule has 36 valence electrons. The molecule has 0 aliphatic carbocycles. The molecule has 7 heavy (non-hydrogen) atoms. The molecule has 0 saturated carbocycles. The van der Waals surface area contributed by atoms with Gasteiger partial charge < -0.3 is 10.0 Å². The van der Waals surface area contributed by atoms with Gasteiger partial charge in [0.25, 0.3) is 0 Å². The Kier molecular flexibility index (Phi) is 5.88. The molecule has 0 bridgehead atoms. The third kappa shape index (κ3) is 5.94. The third-order valence-corrected chi connectivity index (χ3v) is 0.516. The first kappa shape index (κ1) is 10.0. The zero-order valence-electron chi connectivity index (χ0n) is 5.10. The van der Waals surface area contributed by atoms with E-state index in [0.717, 1.165) is 0 Å². The summed E-state index contributed by atoms with van der Waals surface area (Å²) >= 11 is 0. The molecule has 0 aliphatic heterocycles. The summed E-state index contributed by atoms with van der Waals surface area (Å²) in [5.74, 6) is 0.0926. The van der Waals surface area contributed by atoms with Crippen LogP contribution in [-0.2, 0) is 0 Å². The van der Waals surface area contributed by atoms with Crippen LogP contribution in [0.2, 0.25) is 0 Å². The largest absolute Gasteiger partial charge is 1.00 e. The van der Waals surface area contributed by atoms with Crippen LogP contribution in [0, 0.1) is 0 Å². The van der Waals surface area contributed by atoms with Crippen LogP contribution in [0.1, 0.15) is 0 Å². The normalized spacial score (nSPS) is 6.57. The van der Waals surface area contributed by atoms with Gasteiger partial charge in [-0.2, -0.15) is 0 Å². The monoisotopic (exact) mass is 94.1 g/mol. The minimum absolute atomic E-state index is 0. The van der Waals surface area contributed by atoms with Gasteiger partial charge in [0.2, 0.25) is 0 Å². The van der Waals surface area contributed by atoms with E-state index in [1.807, 2.05) is 0 Å². The Morgan fingerprint density at radius 2 is 1.71 bits per heavy atom. The van der Waals surface area contributed by atoms with Gasteiger partial charge in [-0.05, 0) is 6.58 Å². The molecule has 0 aromatic heterocycles. The van der Waals surface area contributed by atoms with Crippen molar-refractivity contribution in [1.82, 2.24) is 4.90 Å². The summed E-state index contributed by atoms with van der Waals surface area (Å²) in [4.78, 5) is 1.53. The number of hydrogen-bond donors (Lipinski definition) is 1. The summed E-state index contributed by atoms with van der Waals surface area (Å²) in [6, 6.07) is 0. The molecule has 0 saturated heterocycles. The first-order chi connectivity index (χ1) is 2.64. The molecule has 0 aromatic carbocycles. The van der Waals surface area contributed by atoms with Crippen molar-refractivity contribution in [2.75, 3.05) is 14.1 Å². The van der Waals surface area contributed by atoms with Gasteiger partial charge in [-0.15, -0.1) is 0 Å². The van der Waals surface area contributed by atoms with Crippen molar-refractivity contribution >= 4 is 0 Å². The van der Waals surface area contributed by atoms with E-state index in [4.69, 9.17) is 5.11 Å². The molecule has 3 heteroatoms. The number of aliphatic hydroxyl groups excluding tert-OH is 1. The van der Waals surface area contributed by atoms with Gasteiger partial charge in [-0.1, -0.05) is 0 Å². The maximum Gasteiger partial charge on any atom is 1.00 e. The van der Waals surface area contributed by atoms with Crippen molar-refractivity contribution in [3.8, 4) is 0 Å². The molecular weight excluding hydrogens is 85.0 g/mol. The van der Waals surface area contributed by atoms with Gasteiger partial charge >= 0.3 is 18.9 Å². The number of rotatable bonds is 1. The van der Waals surface area contributed by atoms with Crippen molar-refractivity contribution in [3.05, 3.63) is 12.5 Å². The molecule has 2 nitrogen and oxygen atoms in total. The molecule has 1 N–H and O–H groups in total. The quantitative estimate of drug-likeness (QED) is 0.289. The first-order valence-corrected chi connectivity index (χ1v) is 1.70. The second-order valence-electron chi connectivity index (χ2n) is 1.31. The average molecular weight is 94.1 g/mol. The summed E-state index contributed by atoms with van der Waals surface area (Å²) in [6.07, 6.45) is 0. The molecule has 0 atom stereocenters. The van der Waals surface area contributed by atoms with Crippen molar-refractivity contribution in [3.63, 3.8) is 0 Å². The fourth-order valence-electron chi connectivity index (χ4n) is 0. The molecule has 0 aromatic rings. The van der Waals surface area contributed by atoms with Gasteiger partial charge in [-0.25, -0.2) is 0 Å². The Hall–Kier alpha value is -0.0626. The Balaban J connectivity index is 0. The van der Waals surface area contributed by atoms with Crippen LogP contribution in [0.15, 0.2) is 12.5 Å². The zero-order valence-corrected chi connectivity index (χ0v) is 5.10. The minimum atomic E-state index is 0. The number of aliphatic hydroxyl groups is 1. The van der Waals surface area contributed by atoms with Crippen LogP contribution >= 0.6 is 0 Å². The SMILES string of the molecule is C=C(O)N(C)C.[Li+]. The summed E-state index contributed by atoms with van der Waals surface area (Å²) in [6.45, 7) is 3.24. The van der Waals surface area contributed by atoms with E-state index in [0.29, 0.717) is 0 Å². The Morgan fingerprint density at radius 1 is 1.57 bits per heavy atom. The first-order valence-electron chi connectivity index (χ1n) is 1.70. The van der Waals surface area contributed by atoms with Gasteiger partial charge in [0.15, 0.2) is 5.88 Å². The molecule has 0 radical (unpaired) electrons. The molecule has 0 fully saturated rings. The predicted molar refractivity (Wildman–Crippen MR) is 25.5 cm³/mol. The molecule has 0 amide bonds. The van der Waals surface area contributed by atoms with E-state index in [1.165, 1.54) is 4.90 Å². The predicted octanol–water partition coefficient (Wildman–Crippen LogP) is -2.42. The summed E-state index contributed by atoms with van der Waals surface area (Å²) in [5, 5.41) is 8.36. The molecule has 0 rings (SSSR count). The smallest absolute Gasteiger partial charge is 0.495 e. The zero-order chi connectivity index (χ0) is 5.15. The Morgan fingerprint density at radius 3 is 1.71 bits per heavy atom. The van der Waals surface area contributed by atoms with Crippen LogP contribution in [0.25, 0.3) is 0 Å². The maximum atomic E-state index is 8.36. The second kappa shape index (κ2) is 4.11. The Labute approximate surface area is 56.0 Å². The third-order valence-electron chi connectivity index (χ3n) is 0.516. The molecule has 0 unspecified atom stereocenters. The summed E-state index contributed by atoms with van der Waals surface area (Å²) in [5.41, 5.74) is 0. The van der Waals surface area contributed by atoms with Crippen molar-refractivity contribution in [2.24, 2.45) is 0 Å². The van der Waals surface area contributed by atoms with Crippen LogP contribution < -0.4 is 18.9 Å². The topological polar surface area (TPSA) is 23.5 Å². The van der Waals surface area contributed by atoms with Gasteiger partial charge in [-0.3, -0.25) is 0 Å². The molecule has 0 spiro atoms. The standard InChI is InChI=1S/C4H9NO.Li/c1-4(6)5(2)3;/h6H,1H2,2-3H3;/q;+1. The van der Waals surface area contributed by atoms with E-state index < -0.39 is 0 Å². The maximum absolute atomic E-state index is 8.36. The van der Waals surface area contributed by atoms with Crippen LogP contribution in [-0.4, -0.2) is 24.1 Å². The van der Waals surface area contributed by atoms with Crippen LogP contribution in [0.5, 0.6) is 0 Å². The summed E-state index contributed by atoms with van der Waals surface area (Å²) in [7, 11) is 3.45. The van der Waals surface area contributed by atoms with Crippen molar-refractivity contribution < 1.29 is 24.0 Å².